The molecule has 1 aromatic heterocycles. The van der Waals surface area contributed by atoms with Crippen molar-refractivity contribution in [3.05, 3.63) is 46.6 Å². The Balaban J connectivity index is 1.72. The molecule has 0 aliphatic carbocycles. The third-order valence-electron chi connectivity index (χ3n) is 5.30. The van der Waals surface area contributed by atoms with Crippen LogP contribution in [0.25, 0.3) is 26.7 Å². The van der Waals surface area contributed by atoms with E-state index in [1.54, 1.807) is 20.8 Å². The number of aromatic amines is 1. The van der Waals surface area contributed by atoms with Crippen LogP contribution < -0.4 is 4.90 Å². The third-order valence-corrected chi connectivity index (χ3v) is 5.30. The predicted octanol–water partition coefficient (Wildman–Crippen LogP) is 5.82. The van der Waals surface area contributed by atoms with Crippen molar-refractivity contribution in [2.45, 2.75) is 39.2 Å². The maximum atomic E-state index is 15.3. The monoisotopic (exact) mass is 419 g/mol. The number of anilines is 1. The minimum Gasteiger partial charge on any atom is -0.392 e. The van der Waals surface area contributed by atoms with Crippen molar-refractivity contribution in [2.75, 3.05) is 18.0 Å². The molecule has 6 nitrogen and oxygen atoms in total. The van der Waals surface area contributed by atoms with Crippen LogP contribution in [0.15, 0.2) is 30.3 Å². The molecule has 1 aliphatic heterocycles. The Labute approximate surface area is 180 Å². The summed E-state index contributed by atoms with van der Waals surface area (Å²) >= 11 is 0. The van der Waals surface area contributed by atoms with Crippen LogP contribution >= 0.6 is 0 Å². The van der Waals surface area contributed by atoms with Crippen molar-refractivity contribution in [3.8, 4) is 12.1 Å². The topological polar surface area (TPSA) is 73.5 Å². The number of hydrogen-bond acceptors (Lipinski definition) is 4. The van der Waals surface area contributed by atoms with E-state index in [1.807, 2.05) is 29.2 Å². The fraction of sp³-hybridized carbons (Fsp3) is 0.375. The summed E-state index contributed by atoms with van der Waals surface area (Å²) in [5, 5.41) is 11.1. The average molecular weight is 419 g/mol. The molecular formula is C24H24FN4O2+. The molecule has 0 radical (unpaired) electrons. The number of carbonyl (C=O) groups is 1. The van der Waals surface area contributed by atoms with E-state index in [9.17, 15) is 10.1 Å². The van der Waals surface area contributed by atoms with Gasteiger partial charge in [0.15, 0.2) is 0 Å². The lowest BCUT2D eigenvalue weighted by atomic mass is 9.97. The Bertz CT molecular complexity index is 1270. The largest absolute Gasteiger partial charge is 0.728 e. The van der Waals surface area contributed by atoms with E-state index in [-0.39, 0.29) is 11.5 Å². The summed E-state index contributed by atoms with van der Waals surface area (Å²) in [4.78, 5) is 21.0. The molecule has 1 atom stereocenters. The molecule has 0 spiro atoms. The molecule has 31 heavy (non-hydrogen) atoms. The minimum atomic E-state index is -0.673. The van der Waals surface area contributed by atoms with Crippen LogP contribution in [0.5, 0.6) is 0 Å². The van der Waals surface area contributed by atoms with Crippen molar-refractivity contribution in [2.24, 2.45) is 5.92 Å². The molecule has 1 amide bonds. The Morgan fingerprint density at radius 1 is 1.35 bits per heavy atom. The zero-order valence-electron chi connectivity index (χ0n) is 17.8. The molecule has 1 saturated heterocycles. The van der Waals surface area contributed by atoms with Crippen LogP contribution in [0.2, 0.25) is 0 Å². The number of carbonyl (C=O) groups excluding carboxylic acids is 1. The number of H-pyrrole nitrogens is 1. The van der Waals surface area contributed by atoms with Crippen LogP contribution in [-0.2, 0) is 4.74 Å². The Kier molecular flexibility index (Phi) is 5.29. The highest BCUT2D eigenvalue weighted by Gasteiger charge is 2.29. The first kappa shape index (κ1) is 20.7. The SMILES string of the molecule is CC(C)(C)OC(=O)[N+]#CC1CCCN(c2c(F)cc(C#N)c3[nH]c4ccccc4c23)C1. The zero-order chi connectivity index (χ0) is 22.2. The van der Waals surface area contributed by atoms with Crippen molar-refractivity contribution in [1.29, 1.82) is 5.26 Å². The lowest BCUT2D eigenvalue weighted by Crippen LogP contribution is -2.35. The lowest BCUT2D eigenvalue weighted by Gasteiger charge is -2.31. The Hall–Kier alpha value is -3.58. The summed E-state index contributed by atoms with van der Waals surface area (Å²) in [5.41, 5.74) is 1.61. The molecule has 0 bridgehead atoms. The maximum absolute atomic E-state index is 15.3. The molecule has 4 rings (SSSR count). The van der Waals surface area contributed by atoms with Gasteiger partial charge >= 0.3 is 6.09 Å². The molecule has 1 N–H and O–H groups in total. The summed E-state index contributed by atoms with van der Waals surface area (Å²) in [6.45, 7) is 6.49. The number of rotatable bonds is 1. The second-order valence-corrected chi connectivity index (χ2v) is 8.79. The number of halogens is 1. The standard InChI is InChI=1S/C24H24FN4O2/c1-24(2,3)31-23(30)27-13-15-7-6-10-29(14-15)22-18(25)11-16(12-26)21-20(22)17-8-4-5-9-19(17)28-21/h4-5,8-9,11,15,28H,6-7,10,14H2,1-3H3/q+1. The van der Waals surface area contributed by atoms with Gasteiger partial charge in [0.2, 0.25) is 0 Å². The highest BCUT2D eigenvalue weighted by molar-refractivity contribution is 6.15. The maximum Gasteiger partial charge on any atom is 0.728 e. The molecule has 2 aromatic carbocycles. The van der Waals surface area contributed by atoms with E-state index < -0.39 is 17.5 Å². The van der Waals surface area contributed by atoms with Crippen LogP contribution in [0.3, 0.4) is 0 Å². The molecule has 1 fully saturated rings. The van der Waals surface area contributed by atoms with Gasteiger partial charge < -0.3 is 14.6 Å². The number of piperidine rings is 1. The smallest absolute Gasteiger partial charge is 0.392 e. The van der Waals surface area contributed by atoms with Crippen molar-refractivity contribution in [1.82, 2.24) is 4.98 Å². The van der Waals surface area contributed by atoms with Gasteiger partial charge in [0.05, 0.1) is 21.6 Å². The number of amides is 1. The number of nitriles is 1. The van der Waals surface area contributed by atoms with Gasteiger partial charge in [0.25, 0.3) is 6.07 Å². The second kappa shape index (κ2) is 7.92. The number of benzene rings is 2. The van der Waals surface area contributed by atoms with E-state index in [4.69, 9.17) is 4.74 Å². The van der Waals surface area contributed by atoms with Gasteiger partial charge in [-0.25, -0.2) is 4.39 Å². The molecule has 2 heterocycles. The van der Waals surface area contributed by atoms with Crippen LogP contribution in [-0.4, -0.2) is 29.8 Å². The van der Waals surface area contributed by atoms with Gasteiger partial charge in [0, 0.05) is 29.4 Å². The fourth-order valence-corrected chi connectivity index (χ4v) is 4.09. The highest BCUT2D eigenvalue weighted by atomic mass is 19.1. The van der Waals surface area contributed by atoms with E-state index >= 15 is 4.39 Å². The van der Waals surface area contributed by atoms with Crippen molar-refractivity contribution >= 4 is 33.6 Å². The first-order valence-corrected chi connectivity index (χ1v) is 10.3. The van der Waals surface area contributed by atoms with E-state index in [1.165, 1.54) is 6.07 Å². The number of nitrogens with zero attached hydrogens (tertiary/aromatic N) is 3. The first-order valence-electron chi connectivity index (χ1n) is 10.3. The average Bonchev–Trinajstić information content (AvgIpc) is 3.10. The molecule has 1 unspecified atom stereocenters. The number of aromatic nitrogens is 1. The van der Waals surface area contributed by atoms with Gasteiger partial charge in [-0.05, 0) is 45.7 Å². The summed E-state index contributed by atoms with van der Waals surface area (Å²) in [5.74, 6) is -0.560. The Morgan fingerprint density at radius 3 is 2.87 bits per heavy atom. The number of nitrogens with one attached hydrogen (secondary N) is 1. The number of hydrogen-bond donors (Lipinski definition) is 1. The van der Waals surface area contributed by atoms with Gasteiger partial charge in [0.1, 0.15) is 23.4 Å². The van der Waals surface area contributed by atoms with E-state index in [0.29, 0.717) is 29.7 Å². The molecule has 158 valence electrons. The zero-order valence-corrected chi connectivity index (χ0v) is 17.8. The van der Waals surface area contributed by atoms with E-state index in [2.05, 4.69) is 22.0 Å². The quantitative estimate of drug-likeness (QED) is 0.540. The number of fused-ring (bicyclic) bond motifs is 3. The number of ether oxygens (including phenoxy) is 1. The molecule has 7 heteroatoms. The van der Waals surface area contributed by atoms with Crippen LogP contribution in [0, 0.1) is 29.1 Å². The summed E-state index contributed by atoms with van der Waals surface area (Å²) in [7, 11) is 0. The number of para-hydroxylation sites is 1. The molecular weight excluding hydrogens is 395 g/mol. The first-order chi connectivity index (χ1) is 14.8. The second-order valence-electron chi connectivity index (χ2n) is 8.79. The van der Waals surface area contributed by atoms with Crippen LogP contribution in [0.4, 0.5) is 14.9 Å². The lowest BCUT2D eigenvalue weighted by molar-refractivity contribution is 0.0664. The van der Waals surface area contributed by atoms with Gasteiger partial charge in [-0.2, -0.15) is 10.1 Å². The summed E-state index contributed by atoms with van der Waals surface area (Å²) in [6.07, 6.45) is 0.941. The predicted molar refractivity (Wildman–Crippen MR) is 119 cm³/mol. The molecule has 0 saturated carbocycles. The fourth-order valence-electron chi connectivity index (χ4n) is 4.09. The van der Waals surface area contributed by atoms with Gasteiger partial charge in [-0.3, -0.25) is 0 Å². The van der Waals surface area contributed by atoms with Crippen molar-refractivity contribution in [3.63, 3.8) is 0 Å². The summed E-state index contributed by atoms with van der Waals surface area (Å²) in [6, 6.07) is 13.9. The van der Waals surface area contributed by atoms with Gasteiger partial charge in [-0.1, -0.05) is 18.2 Å². The third kappa shape index (κ3) is 4.18. The highest BCUT2D eigenvalue weighted by Crippen LogP contribution is 2.39. The van der Waals surface area contributed by atoms with Crippen LogP contribution in [0.1, 0.15) is 39.2 Å². The Morgan fingerprint density at radius 2 is 2.13 bits per heavy atom. The van der Waals surface area contributed by atoms with Gasteiger partial charge in [-0.15, -0.1) is 0 Å². The van der Waals surface area contributed by atoms with Crippen molar-refractivity contribution < 1.29 is 13.9 Å². The normalized spacial score (nSPS) is 16.6. The minimum absolute atomic E-state index is 0.128. The molecule has 1 aliphatic rings. The van der Waals surface area contributed by atoms with E-state index in [0.717, 1.165) is 23.7 Å². The summed E-state index contributed by atoms with van der Waals surface area (Å²) < 4.78 is 20.5. The molecule has 3 aromatic rings.